The highest BCUT2D eigenvalue weighted by atomic mass is 35.5. The van der Waals surface area contributed by atoms with Gasteiger partial charge in [-0.2, -0.15) is 0 Å². The fourth-order valence-corrected chi connectivity index (χ4v) is 2.86. The highest BCUT2D eigenvalue weighted by Crippen LogP contribution is 2.21. The van der Waals surface area contributed by atoms with Crippen LogP contribution in [-0.4, -0.2) is 7.05 Å². The van der Waals surface area contributed by atoms with E-state index < -0.39 is 0 Å². The Morgan fingerprint density at radius 1 is 0.952 bits per heavy atom. The van der Waals surface area contributed by atoms with Gasteiger partial charge in [-0.1, -0.05) is 61.8 Å². The lowest BCUT2D eigenvalue weighted by atomic mass is 9.96. The van der Waals surface area contributed by atoms with Crippen LogP contribution in [0, 0.1) is 5.92 Å². The zero-order chi connectivity index (χ0) is 15.2. The van der Waals surface area contributed by atoms with Crippen molar-refractivity contribution in [1.29, 1.82) is 0 Å². The van der Waals surface area contributed by atoms with Gasteiger partial charge in [-0.05, 0) is 54.6 Å². The van der Waals surface area contributed by atoms with Gasteiger partial charge in [-0.15, -0.1) is 0 Å². The van der Waals surface area contributed by atoms with Crippen LogP contribution in [0.15, 0.2) is 48.5 Å². The predicted molar refractivity (Wildman–Crippen MR) is 91.9 cm³/mol. The van der Waals surface area contributed by atoms with Gasteiger partial charge in [-0.3, -0.25) is 0 Å². The summed E-state index contributed by atoms with van der Waals surface area (Å²) in [6, 6.07) is 17.4. The molecule has 2 aromatic rings. The maximum absolute atomic E-state index is 6.07. The van der Waals surface area contributed by atoms with Crippen molar-refractivity contribution in [3.05, 3.63) is 70.2 Å². The number of halogens is 1. The Morgan fingerprint density at radius 2 is 1.67 bits per heavy atom. The maximum Gasteiger partial charge on any atom is 0.0408 e. The van der Waals surface area contributed by atoms with E-state index in [4.69, 9.17) is 11.6 Å². The topological polar surface area (TPSA) is 12.0 Å². The lowest BCUT2D eigenvalue weighted by Gasteiger charge is -2.17. The van der Waals surface area contributed by atoms with E-state index in [9.17, 15) is 0 Å². The molecule has 0 bridgehead atoms. The molecule has 0 saturated carbocycles. The molecule has 1 N–H and O–H groups in total. The van der Waals surface area contributed by atoms with Gasteiger partial charge in [0.1, 0.15) is 0 Å². The molecule has 0 heterocycles. The van der Waals surface area contributed by atoms with E-state index in [-0.39, 0.29) is 0 Å². The van der Waals surface area contributed by atoms with Crippen LogP contribution in [0.5, 0.6) is 0 Å². The van der Waals surface area contributed by atoms with Gasteiger partial charge >= 0.3 is 0 Å². The highest BCUT2D eigenvalue weighted by Gasteiger charge is 2.10. The summed E-state index contributed by atoms with van der Waals surface area (Å²) in [5.41, 5.74) is 3.99. The van der Waals surface area contributed by atoms with Gasteiger partial charge in [-0.25, -0.2) is 0 Å². The standard InChI is InChI=1S/C19H24ClN/c1-14(2)11-15-7-9-17(10-8-15)19(21-3)13-16-5-4-6-18(20)12-16/h4-10,12,14,19,21H,11,13H2,1-3H3. The van der Waals surface area contributed by atoms with Crippen molar-refractivity contribution in [2.75, 3.05) is 7.05 Å². The van der Waals surface area contributed by atoms with Crippen LogP contribution >= 0.6 is 11.6 Å². The van der Waals surface area contributed by atoms with Crippen molar-refractivity contribution in [2.24, 2.45) is 5.92 Å². The summed E-state index contributed by atoms with van der Waals surface area (Å²) < 4.78 is 0. The second-order valence-electron chi connectivity index (χ2n) is 6.01. The second kappa shape index (κ2) is 7.63. The Morgan fingerprint density at radius 3 is 2.24 bits per heavy atom. The average Bonchev–Trinajstić information content (AvgIpc) is 2.45. The SMILES string of the molecule is CNC(Cc1cccc(Cl)c1)c1ccc(CC(C)C)cc1. The largest absolute Gasteiger partial charge is 0.313 e. The van der Waals surface area contributed by atoms with Gasteiger partial charge in [0.15, 0.2) is 0 Å². The number of rotatable bonds is 6. The first-order valence-corrected chi connectivity index (χ1v) is 7.97. The third-order valence-electron chi connectivity index (χ3n) is 3.70. The molecule has 0 saturated heterocycles. The van der Waals surface area contributed by atoms with E-state index in [2.05, 4.69) is 49.5 Å². The van der Waals surface area contributed by atoms with E-state index >= 15 is 0 Å². The fraction of sp³-hybridized carbons (Fsp3) is 0.368. The predicted octanol–water partition coefficient (Wildman–Crippen LogP) is 5.04. The van der Waals surface area contributed by atoms with Gasteiger partial charge < -0.3 is 5.32 Å². The molecule has 0 spiro atoms. The summed E-state index contributed by atoms with van der Waals surface area (Å²) in [4.78, 5) is 0. The summed E-state index contributed by atoms with van der Waals surface area (Å²) in [7, 11) is 2.01. The normalized spacial score (nSPS) is 12.6. The number of hydrogen-bond acceptors (Lipinski definition) is 1. The van der Waals surface area contributed by atoms with E-state index in [1.54, 1.807) is 0 Å². The number of benzene rings is 2. The minimum Gasteiger partial charge on any atom is -0.313 e. The van der Waals surface area contributed by atoms with Crippen LogP contribution in [0.2, 0.25) is 5.02 Å². The fourth-order valence-electron chi connectivity index (χ4n) is 2.64. The molecule has 0 aliphatic heterocycles. The first-order chi connectivity index (χ1) is 10.1. The average molecular weight is 302 g/mol. The molecule has 1 nitrogen and oxygen atoms in total. The molecule has 0 aliphatic rings. The summed E-state index contributed by atoms with van der Waals surface area (Å²) in [5, 5.41) is 4.20. The molecule has 0 radical (unpaired) electrons. The van der Waals surface area contributed by atoms with Crippen LogP contribution in [0.25, 0.3) is 0 Å². The van der Waals surface area contributed by atoms with Gasteiger partial charge in [0.25, 0.3) is 0 Å². The maximum atomic E-state index is 6.07. The lowest BCUT2D eigenvalue weighted by Crippen LogP contribution is -2.18. The first-order valence-electron chi connectivity index (χ1n) is 7.59. The number of hydrogen-bond donors (Lipinski definition) is 1. The van der Waals surface area contributed by atoms with Crippen molar-refractivity contribution < 1.29 is 0 Å². The zero-order valence-electron chi connectivity index (χ0n) is 13.1. The van der Waals surface area contributed by atoms with E-state index in [1.165, 1.54) is 16.7 Å². The molecule has 21 heavy (non-hydrogen) atoms. The molecule has 1 atom stereocenters. The number of nitrogens with one attached hydrogen (secondary N) is 1. The molecule has 0 aliphatic carbocycles. The first kappa shape index (κ1) is 16.1. The van der Waals surface area contributed by atoms with Crippen LogP contribution in [-0.2, 0) is 12.8 Å². The van der Waals surface area contributed by atoms with Gasteiger partial charge in [0.05, 0.1) is 0 Å². The van der Waals surface area contributed by atoms with Crippen LogP contribution < -0.4 is 5.32 Å². The third-order valence-corrected chi connectivity index (χ3v) is 3.94. The molecule has 1 unspecified atom stereocenters. The molecular formula is C19H24ClN. The Labute approximate surface area is 133 Å². The molecule has 0 amide bonds. The van der Waals surface area contributed by atoms with E-state index in [0.29, 0.717) is 12.0 Å². The monoisotopic (exact) mass is 301 g/mol. The minimum absolute atomic E-state index is 0.316. The van der Waals surface area contributed by atoms with E-state index in [1.807, 2.05) is 25.2 Å². The Balaban J connectivity index is 2.10. The minimum atomic E-state index is 0.316. The molecule has 112 valence electrons. The Kier molecular flexibility index (Phi) is 5.84. The van der Waals surface area contributed by atoms with Crippen molar-refractivity contribution in [3.8, 4) is 0 Å². The summed E-state index contributed by atoms with van der Waals surface area (Å²) in [6.07, 6.45) is 2.08. The van der Waals surface area contributed by atoms with Crippen LogP contribution in [0.1, 0.15) is 36.6 Å². The van der Waals surface area contributed by atoms with Crippen molar-refractivity contribution in [3.63, 3.8) is 0 Å². The van der Waals surface area contributed by atoms with Crippen molar-refractivity contribution in [2.45, 2.75) is 32.7 Å². The second-order valence-corrected chi connectivity index (χ2v) is 6.45. The number of likely N-dealkylation sites (N-methyl/N-ethyl adjacent to an activating group) is 1. The van der Waals surface area contributed by atoms with Crippen molar-refractivity contribution in [1.82, 2.24) is 5.32 Å². The Hall–Kier alpha value is -1.31. The summed E-state index contributed by atoms with van der Waals surface area (Å²) in [6.45, 7) is 4.51. The molecule has 0 fully saturated rings. The van der Waals surface area contributed by atoms with Gasteiger partial charge in [0.2, 0.25) is 0 Å². The van der Waals surface area contributed by atoms with Crippen molar-refractivity contribution >= 4 is 11.6 Å². The summed E-state index contributed by atoms with van der Waals surface area (Å²) in [5.74, 6) is 0.697. The third kappa shape index (κ3) is 4.87. The zero-order valence-corrected chi connectivity index (χ0v) is 13.8. The van der Waals surface area contributed by atoms with Gasteiger partial charge in [0, 0.05) is 11.1 Å². The Bertz CT molecular complexity index is 560. The highest BCUT2D eigenvalue weighted by molar-refractivity contribution is 6.30. The quantitative estimate of drug-likeness (QED) is 0.788. The van der Waals surface area contributed by atoms with Crippen LogP contribution in [0.3, 0.4) is 0 Å². The molecule has 0 aromatic heterocycles. The smallest absolute Gasteiger partial charge is 0.0408 e. The van der Waals surface area contributed by atoms with Crippen LogP contribution in [0.4, 0.5) is 0 Å². The molecule has 2 rings (SSSR count). The molecular weight excluding hydrogens is 278 g/mol. The molecule has 2 aromatic carbocycles. The molecule has 2 heteroatoms. The van der Waals surface area contributed by atoms with E-state index in [0.717, 1.165) is 17.9 Å². The lowest BCUT2D eigenvalue weighted by molar-refractivity contribution is 0.591. The summed E-state index contributed by atoms with van der Waals surface area (Å²) >= 11 is 6.07.